The minimum Gasteiger partial charge on any atom is -0.481 e. The predicted octanol–water partition coefficient (Wildman–Crippen LogP) is -0.708. The summed E-state index contributed by atoms with van der Waals surface area (Å²) >= 11 is 0. The van der Waals surface area contributed by atoms with E-state index < -0.39 is 24.3 Å². The molecule has 0 aromatic rings. The molecule has 0 radical (unpaired) electrons. The largest absolute Gasteiger partial charge is 0.481 e. The predicted molar refractivity (Wildman–Crippen MR) is 60.7 cm³/mol. The maximum atomic E-state index is 10.3. The Labute approximate surface area is 101 Å². The summed E-state index contributed by atoms with van der Waals surface area (Å²) in [4.78, 5) is 12.3. The highest BCUT2D eigenvalue weighted by molar-refractivity contribution is 5.66. The lowest BCUT2D eigenvalue weighted by Crippen LogP contribution is -2.39. The molecule has 6 heteroatoms. The molecule has 4 atom stereocenters. The lowest BCUT2D eigenvalue weighted by atomic mass is 10.1. The molecular formula is C11H21NO5. The van der Waals surface area contributed by atoms with Crippen molar-refractivity contribution in [2.45, 2.75) is 44.2 Å². The van der Waals surface area contributed by atoms with Crippen molar-refractivity contribution in [1.29, 1.82) is 0 Å². The molecule has 1 saturated heterocycles. The van der Waals surface area contributed by atoms with Gasteiger partial charge in [-0.2, -0.15) is 0 Å². The Kier molecular flexibility index (Phi) is 5.32. The number of aliphatic hydroxyl groups is 2. The van der Waals surface area contributed by atoms with E-state index in [0.29, 0.717) is 19.5 Å². The molecule has 0 saturated carbocycles. The van der Waals surface area contributed by atoms with Gasteiger partial charge in [-0.3, -0.25) is 4.79 Å². The molecule has 0 amide bonds. The number of aliphatic carboxylic acids is 1. The van der Waals surface area contributed by atoms with E-state index in [4.69, 9.17) is 9.84 Å². The van der Waals surface area contributed by atoms with Gasteiger partial charge in [-0.05, 0) is 26.9 Å². The maximum Gasteiger partial charge on any atom is 0.303 e. The summed E-state index contributed by atoms with van der Waals surface area (Å²) in [5, 5.41) is 27.7. The Morgan fingerprint density at radius 1 is 1.35 bits per heavy atom. The van der Waals surface area contributed by atoms with E-state index in [1.807, 2.05) is 11.9 Å². The first-order chi connectivity index (χ1) is 7.91. The number of nitrogens with zero attached hydrogens (tertiary/aromatic N) is 1. The average Bonchev–Trinajstić information content (AvgIpc) is 2.46. The van der Waals surface area contributed by atoms with Crippen LogP contribution in [0.1, 0.15) is 19.8 Å². The van der Waals surface area contributed by atoms with Crippen molar-refractivity contribution in [2.24, 2.45) is 0 Å². The SMILES string of the molecule is C[C@@H]1O[C@H](CN(C)CCCC(=O)O)[C@@H](O)[C@H]1O. The zero-order valence-electron chi connectivity index (χ0n) is 10.2. The molecule has 0 bridgehead atoms. The van der Waals surface area contributed by atoms with Crippen molar-refractivity contribution in [1.82, 2.24) is 4.90 Å². The highest BCUT2D eigenvalue weighted by Crippen LogP contribution is 2.21. The van der Waals surface area contributed by atoms with Crippen LogP contribution in [0.4, 0.5) is 0 Å². The Hall–Kier alpha value is -0.690. The fraction of sp³-hybridized carbons (Fsp3) is 0.909. The van der Waals surface area contributed by atoms with E-state index in [2.05, 4.69) is 0 Å². The summed E-state index contributed by atoms with van der Waals surface area (Å²) in [7, 11) is 1.84. The van der Waals surface area contributed by atoms with Gasteiger partial charge in [0.15, 0.2) is 0 Å². The molecule has 1 heterocycles. The van der Waals surface area contributed by atoms with Crippen molar-refractivity contribution >= 4 is 5.97 Å². The van der Waals surface area contributed by atoms with Gasteiger partial charge < -0.3 is 25.0 Å². The van der Waals surface area contributed by atoms with Gasteiger partial charge in [0, 0.05) is 13.0 Å². The fourth-order valence-corrected chi connectivity index (χ4v) is 1.98. The van der Waals surface area contributed by atoms with Crippen LogP contribution in [0.2, 0.25) is 0 Å². The lowest BCUT2D eigenvalue weighted by molar-refractivity contribution is -0.137. The molecule has 1 rings (SSSR count). The average molecular weight is 247 g/mol. The molecule has 0 aromatic carbocycles. The molecule has 0 aliphatic carbocycles. The quantitative estimate of drug-likeness (QED) is 0.574. The number of carboxylic acids is 1. The number of hydrogen-bond acceptors (Lipinski definition) is 5. The van der Waals surface area contributed by atoms with Gasteiger partial charge in [-0.25, -0.2) is 0 Å². The minimum absolute atomic E-state index is 0.136. The molecule has 100 valence electrons. The zero-order chi connectivity index (χ0) is 13.0. The standard InChI is InChI=1S/C11H21NO5/c1-7-10(15)11(16)8(17-7)6-12(2)5-3-4-9(13)14/h7-8,10-11,15-16H,3-6H2,1-2H3,(H,13,14)/t7-,8+,10-,11+/m0/s1. The molecule has 3 N–H and O–H groups in total. The summed E-state index contributed by atoms with van der Waals surface area (Å²) in [5.41, 5.74) is 0. The molecule has 0 aromatic heterocycles. The fourth-order valence-electron chi connectivity index (χ4n) is 1.98. The third kappa shape index (κ3) is 4.23. The second-order valence-electron chi connectivity index (χ2n) is 4.62. The topological polar surface area (TPSA) is 90.2 Å². The Bertz CT molecular complexity index is 260. The maximum absolute atomic E-state index is 10.3. The molecule has 1 aliphatic heterocycles. The molecular weight excluding hydrogens is 226 g/mol. The molecule has 1 fully saturated rings. The van der Waals surface area contributed by atoms with E-state index >= 15 is 0 Å². The zero-order valence-corrected chi connectivity index (χ0v) is 10.2. The number of hydrogen-bond donors (Lipinski definition) is 3. The lowest BCUT2D eigenvalue weighted by Gasteiger charge is -2.22. The van der Waals surface area contributed by atoms with Crippen LogP contribution in [0.3, 0.4) is 0 Å². The van der Waals surface area contributed by atoms with Crippen LogP contribution in [0, 0.1) is 0 Å². The monoisotopic (exact) mass is 247 g/mol. The molecule has 6 nitrogen and oxygen atoms in total. The molecule has 0 unspecified atom stereocenters. The first-order valence-electron chi connectivity index (χ1n) is 5.83. The highest BCUT2D eigenvalue weighted by atomic mass is 16.5. The Balaban J connectivity index is 2.27. The van der Waals surface area contributed by atoms with Crippen LogP contribution in [0.15, 0.2) is 0 Å². The third-order valence-electron chi connectivity index (χ3n) is 3.02. The molecule has 17 heavy (non-hydrogen) atoms. The number of aliphatic hydroxyl groups excluding tert-OH is 2. The van der Waals surface area contributed by atoms with E-state index in [9.17, 15) is 15.0 Å². The van der Waals surface area contributed by atoms with Crippen molar-refractivity contribution < 1.29 is 24.9 Å². The Morgan fingerprint density at radius 3 is 2.47 bits per heavy atom. The second kappa shape index (κ2) is 6.30. The van der Waals surface area contributed by atoms with Crippen LogP contribution in [0.5, 0.6) is 0 Å². The molecule has 1 aliphatic rings. The van der Waals surface area contributed by atoms with E-state index in [0.717, 1.165) is 0 Å². The minimum atomic E-state index is -0.869. The van der Waals surface area contributed by atoms with E-state index in [-0.39, 0.29) is 12.5 Å². The van der Waals surface area contributed by atoms with Gasteiger partial charge in [0.25, 0.3) is 0 Å². The smallest absolute Gasteiger partial charge is 0.303 e. The van der Waals surface area contributed by atoms with Gasteiger partial charge in [0.2, 0.25) is 0 Å². The first kappa shape index (κ1) is 14.4. The third-order valence-corrected chi connectivity index (χ3v) is 3.02. The van der Waals surface area contributed by atoms with Crippen LogP contribution < -0.4 is 0 Å². The Morgan fingerprint density at radius 2 is 2.00 bits per heavy atom. The van der Waals surface area contributed by atoms with Crippen LogP contribution in [-0.4, -0.2) is 70.7 Å². The molecule has 0 spiro atoms. The van der Waals surface area contributed by atoms with Gasteiger partial charge >= 0.3 is 5.97 Å². The van der Waals surface area contributed by atoms with E-state index in [1.165, 1.54) is 0 Å². The van der Waals surface area contributed by atoms with Gasteiger partial charge in [-0.1, -0.05) is 0 Å². The second-order valence-corrected chi connectivity index (χ2v) is 4.62. The normalized spacial score (nSPS) is 33.2. The van der Waals surface area contributed by atoms with Crippen LogP contribution >= 0.6 is 0 Å². The summed E-state index contributed by atoms with van der Waals surface area (Å²) < 4.78 is 5.43. The number of carbonyl (C=O) groups is 1. The van der Waals surface area contributed by atoms with Crippen molar-refractivity contribution in [3.05, 3.63) is 0 Å². The summed E-state index contributed by atoms with van der Waals surface area (Å²) in [6.45, 7) is 2.84. The van der Waals surface area contributed by atoms with Gasteiger partial charge in [0.05, 0.1) is 12.2 Å². The van der Waals surface area contributed by atoms with Crippen molar-refractivity contribution in [2.75, 3.05) is 20.1 Å². The van der Waals surface area contributed by atoms with Crippen LogP contribution in [-0.2, 0) is 9.53 Å². The summed E-state index contributed by atoms with van der Waals surface area (Å²) in [6.07, 6.45) is -1.78. The number of rotatable bonds is 6. The van der Waals surface area contributed by atoms with Gasteiger partial charge in [-0.15, -0.1) is 0 Å². The number of ether oxygens (including phenoxy) is 1. The summed E-state index contributed by atoms with van der Waals surface area (Å²) in [6, 6.07) is 0. The number of likely N-dealkylation sites (N-methyl/N-ethyl adjacent to an activating group) is 1. The highest BCUT2D eigenvalue weighted by Gasteiger charge is 2.40. The van der Waals surface area contributed by atoms with E-state index in [1.54, 1.807) is 6.92 Å². The van der Waals surface area contributed by atoms with Crippen LogP contribution in [0.25, 0.3) is 0 Å². The first-order valence-corrected chi connectivity index (χ1v) is 5.83. The van der Waals surface area contributed by atoms with Crippen molar-refractivity contribution in [3.8, 4) is 0 Å². The number of carboxylic acid groups (broad SMARTS) is 1. The van der Waals surface area contributed by atoms with Gasteiger partial charge in [0.1, 0.15) is 12.2 Å². The summed E-state index contributed by atoms with van der Waals surface area (Å²) in [5.74, 6) is -0.806. The van der Waals surface area contributed by atoms with Crippen molar-refractivity contribution in [3.63, 3.8) is 0 Å².